The lowest BCUT2D eigenvalue weighted by Gasteiger charge is -2.32. The molecule has 5 rings (SSSR count). The number of fused-ring (bicyclic) bond motifs is 1. The van der Waals surface area contributed by atoms with E-state index in [0.29, 0.717) is 12.2 Å². The van der Waals surface area contributed by atoms with Crippen LogP contribution in [0.15, 0.2) is 60.8 Å². The molecule has 1 saturated heterocycles. The predicted octanol–water partition coefficient (Wildman–Crippen LogP) is 4.00. The number of nitrogens with one attached hydrogen (secondary N) is 1. The molecule has 0 spiro atoms. The summed E-state index contributed by atoms with van der Waals surface area (Å²) in [7, 11) is 0. The molecule has 0 bridgehead atoms. The Labute approximate surface area is 175 Å². The normalized spacial score (nSPS) is 16.0. The van der Waals surface area contributed by atoms with Crippen molar-refractivity contribution in [3.63, 3.8) is 0 Å². The van der Waals surface area contributed by atoms with Crippen LogP contribution in [-0.4, -0.2) is 51.4 Å². The molecule has 1 fully saturated rings. The van der Waals surface area contributed by atoms with Gasteiger partial charge in [-0.25, -0.2) is 4.98 Å². The molecule has 1 N–H and O–H groups in total. The summed E-state index contributed by atoms with van der Waals surface area (Å²) in [5.41, 5.74) is 5.27. The minimum absolute atomic E-state index is 0.138. The van der Waals surface area contributed by atoms with Gasteiger partial charge in [0.05, 0.1) is 24.9 Å². The molecule has 6 nitrogen and oxygen atoms in total. The fourth-order valence-electron chi connectivity index (χ4n) is 4.13. The largest absolute Gasteiger partial charge is 0.379 e. The second kappa shape index (κ2) is 8.34. The monoisotopic (exact) mass is 399 g/mol. The summed E-state index contributed by atoms with van der Waals surface area (Å²) in [5, 5.41) is 10.4. The van der Waals surface area contributed by atoms with Crippen LogP contribution in [0.2, 0.25) is 0 Å². The van der Waals surface area contributed by atoms with Gasteiger partial charge >= 0.3 is 0 Å². The number of hydrogen-bond donors (Lipinski definition) is 1. The number of aromatic amines is 1. The van der Waals surface area contributed by atoms with Gasteiger partial charge in [-0.3, -0.25) is 4.90 Å². The SMILES string of the molecule is CC(c1nnc(-c2ccccc2)nc1Cc1c[nH]c2ccccc12)N1CCOCC1. The lowest BCUT2D eigenvalue weighted by Crippen LogP contribution is -2.38. The first kappa shape index (κ1) is 18.9. The van der Waals surface area contributed by atoms with Gasteiger partial charge in [-0.15, -0.1) is 10.2 Å². The van der Waals surface area contributed by atoms with E-state index in [1.54, 1.807) is 0 Å². The van der Waals surface area contributed by atoms with Crippen LogP contribution in [0.3, 0.4) is 0 Å². The standard InChI is InChI=1S/C24H25N5O/c1-17(29-11-13-30-14-12-29)23-22(15-19-16-25-21-10-6-5-9-20(19)21)26-24(28-27-23)18-7-3-2-4-8-18/h2-10,16-17,25H,11-15H2,1H3. The zero-order chi connectivity index (χ0) is 20.3. The maximum absolute atomic E-state index is 5.53. The number of para-hydroxylation sites is 1. The number of H-pyrrole nitrogens is 1. The van der Waals surface area contributed by atoms with Gasteiger partial charge in [-0.2, -0.15) is 0 Å². The van der Waals surface area contributed by atoms with Crippen molar-refractivity contribution in [1.82, 2.24) is 25.1 Å². The Morgan fingerprint density at radius 3 is 2.60 bits per heavy atom. The summed E-state index contributed by atoms with van der Waals surface area (Å²) in [6.07, 6.45) is 2.79. The van der Waals surface area contributed by atoms with Crippen LogP contribution >= 0.6 is 0 Å². The van der Waals surface area contributed by atoms with Crippen molar-refractivity contribution in [3.05, 3.63) is 77.7 Å². The smallest absolute Gasteiger partial charge is 0.182 e. The van der Waals surface area contributed by atoms with Crippen molar-refractivity contribution in [3.8, 4) is 11.4 Å². The third-order valence-electron chi connectivity index (χ3n) is 5.84. The van der Waals surface area contributed by atoms with Crippen molar-refractivity contribution in [2.24, 2.45) is 0 Å². The fraction of sp³-hybridized carbons (Fsp3) is 0.292. The quantitative estimate of drug-likeness (QED) is 0.549. The maximum Gasteiger partial charge on any atom is 0.182 e. The van der Waals surface area contributed by atoms with Gasteiger partial charge in [-0.1, -0.05) is 48.5 Å². The second-order valence-electron chi connectivity index (χ2n) is 7.69. The molecule has 1 aliphatic rings. The van der Waals surface area contributed by atoms with Crippen LogP contribution in [-0.2, 0) is 11.2 Å². The minimum atomic E-state index is 0.138. The first-order chi connectivity index (χ1) is 14.8. The Morgan fingerprint density at radius 2 is 1.77 bits per heavy atom. The predicted molar refractivity (Wildman–Crippen MR) is 117 cm³/mol. The molecule has 4 aromatic rings. The van der Waals surface area contributed by atoms with E-state index in [4.69, 9.17) is 9.72 Å². The number of ether oxygens (including phenoxy) is 1. The molecule has 1 unspecified atom stereocenters. The second-order valence-corrected chi connectivity index (χ2v) is 7.69. The van der Waals surface area contributed by atoms with Gasteiger partial charge < -0.3 is 9.72 Å². The van der Waals surface area contributed by atoms with Crippen LogP contribution in [0.5, 0.6) is 0 Å². The van der Waals surface area contributed by atoms with Gasteiger partial charge in [0.15, 0.2) is 5.82 Å². The van der Waals surface area contributed by atoms with Crippen LogP contribution in [0.1, 0.15) is 29.9 Å². The van der Waals surface area contributed by atoms with Crippen LogP contribution in [0.4, 0.5) is 0 Å². The van der Waals surface area contributed by atoms with E-state index in [1.165, 1.54) is 10.9 Å². The Hall–Kier alpha value is -3.09. The van der Waals surface area contributed by atoms with Crippen molar-refractivity contribution >= 4 is 10.9 Å². The van der Waals surface area contributed by atoms with E-state index in [-0.39, 0.29) is 6.04 Å². The average Bonchev–Trinajstić information content (AvgIpc) is 3.23. The lowest BCUT2D eigenvalue weighted by molar-refractivity contribution is 0.0186. The van der Waals surface area contributed by atoms with Crippen molar-refractivity contribution in [1.29, 1.82) is 0 Å². The summed E-state index contributed by atoms with van der Waals surface area (Å²) >= 11 is 0. The first-order valence-electron chi connectivity index (χ1n) is 10.5. The lowest BCUT2D eigenvalue weighted by atomic mass is 10.0. The number of aromatic nitrogens is 4. The number of rotatable bonds is 5. The summed E-state index contributed by atoms with van der Waals surface area (Å²) in [6.45, 7) is 5.50. The van der Waals surface area contributed by atoms with Gasteiger partial charge in [0.1, 0.15) is 5.69 Å². The van der Waals surface area contributed by atoms with E-state index >= 15 is 0 Å². The summed E-state index contributed by atoms with van der Waals surface area (Å²) < 4.78 is 5.53. The molecule has 0 amide bonds. The summed E-state index contributed by atoms with van der Waals surface area (Å²) in [4.78, 5) is 10.8. The highest BCUT2D eigenvalue weighted by Crippen LogP contribution is 2.27. The third kappa shape index (κ3) is 3.72. The molecule has 6 heteroatoms. The third-order valence-corrected chi connectivity index (χ3v) is 5.84. The highest BCUT2D eigenvalue weighted by molar-refractivity contribution is 5.83. The maximum atomic E-state index is 5.53. The Kier molecular flexibility index (Phi) is 5.26. The fourth-order valence-corrected chi connectivity index (χ4v) is 4.13. The van der Waals surface area contributed by atoms with Crippen molar-refractivity contribution in [2.45, 2.75) is 19.4 Å². The highest BCUT2D eigenvalue weighted by atomic mass is 16.5. The number of morpholine rings is 1. The molecule has 0 aliphatic carbocycles. The van der Waals surface area contributed by atoms with Crippen LogP contribution in [0.25, 0.3) is 22.3 Å². The molecule has 3 heterocycles. The van der Waals surface area contributed by atoms with Crippen LogP contribution < -0.4 is 0 Å². The molecule has 2 aromatic heterocycles. The molecular formula is C24H25N5O. The van der Waals surface area contributed by atoms with Gasteiger partial charge in [-0.05, 0) is 18.6 Å². The minimum Gasteiger partial charge on any atom is -0.379 e. The summed E-state index contributed by atoms with van der Waals surface area (Å²) in [5.74, 6) is 0.670. The Balaban J connectivity index is 1.56. The molecule has 1 atom stereocenters. The molecular weight excluding hydrogens is 374 g/mol. The van der Waals surface area contributed by atoms with E-state index in [1.807, 2.05) is 36.4 Å². The first-order valence-corrected chi connectivity index (χ1v) is 10.5. The zero-order valence-corrected chi connectivity index (χ0v) is 17.1. The van der Waals surface area contributed by atoms with Gasteiger partial charge in [0.2, 0.25) is 0 Å². The van der Waals surface area contributed by atoms with Crippen LogP contribution in [0, 0.1) is 0 Å². The highest BCUT2D eigenvalue weighted by Gasteiger charge is 2.24. The van der Waals surface area contributed by atoms with E-state index in [0.717, 1.165) is 48.8 Å². The molecule has 0 radical (unpaired) electrons. The Morgan fingerprint density at radius 1 is 1.00 bits per heavy atom. The number of benzene rings is 2. The topological polar surface area (TPSA) is 66.9 Å². The number of nitrogens with zero attached hydrogens (tertiary/aromatic N) is 4. The van der Waals surface area contributed by atoms with Gasteiger partial charge in [0.25, 0.3) is 0 Å². The van der Waals surface area contributed by atoms with E-state index < -0.39 is 0 Å². The zero-order valence-electron chi connectivity index (χ0n) is 17.1. The molecule has 30 heavy (non-hydrogen) atoms. The summed E-state index contributed by atoms with van der Waals surface area (Å²) in [6, 6.07) is 18.6. The molecule has 1 aliphatic heterocycles. The van der Waals surface area contributed by atoms with E-state index in [2.05, 4.69) is 51.4 Å². The van der Waals surface area contributed by atoms with E-state index in [9.17, 15) is 0 Å². The average molecular weight is 399 g/mol. The molecule has 0 saturated carbocycles. The Bertz CT molecular complexity index is 1130. The van der Waals surface area contributed by atoms with Gasteiger partial charge in [0, 0.05) is 42.2 Å². The number of hydrogen-bond acceptors (Lipinski definition) is 5. The molecule has 2 aromatic carbocycles. The van der Waals surface area contributed by atoms with Crippen molar-refractivity contribution < 1.29 is 4.74 Å². The molecule has 152 valence electrons. The van der Waals surface area contributed by atoms with Crippen molar-refractivity contribution in [2.75, 3.05) is 26.3 Å².